The van der Waals surface area contributed by atoms with Crippen LogP contribution in [0.3, 0.4) is 0 Å². The van der Waals surface area contributed by atoms with E-state index in [1.54, 1.807) is 14.0 Å². The van der Waals surface area contributed by atoms with Gasteiger partial charge in [0.15, 0.2) is 5.22 Å². The Labute approximate surface area is 123 Å². The van der Waals surface area contributed by atoms with Crippen molar-refractivity contribution in [3.05, 3.63) is 35.0 Å². The zero-order valence-corrected chi connectivity index (χ0v) is 12.5. The van der Waals surface area contributed by atoms with Crippen LogP contribution in [0.1, 0.15) is 18.9 Å². The van der Waals surface area contributed by atoms with Gasteiger partial charge >= 0.3 is 0 Å². The van der Waals surface area contributed by atoms with Crippen LogP contribution in [0.25, 0.3) is 11.0 Å². The first-order valence-corrected chi connectivity index (χ1v) is 6.99. The van der Waals surface area contributed by atoms with Crippen LogP contribution in [-0.4, -0.2) is 31.0 Å². The second-order valence-electron chi connectivity index (χ2n) is 5.19. The van der Waals surface area contributed by atoms with E-state index >= 15 is 0 Å². The van der Waals surface area contributed by atoms with E-state index in [9.17, 15) is 5.11 Å². The van der Waals surface area contributed by atoms with Gasteiger partial charge in [-0.3, -0.25) is 0 Å². The summed E-state index contributed by atoms with van der Waals surface area (Å²) in [6.07, 6.45) is 0.580. The largest absolute Gasteiger partial charge is 0.444 e. The van der Waals surface area contributed by atoms with Crippen molar-refractivity contribution in [1.82, 2.24) is 5.32 Å². The standard InChI is InChI=1S/C15H20ClNO3/c1-15(18,7-8-19-2)10-17-9-12-11-5-3-4-6-13(11)20-14(12)16/h3-6,17-18H,7-10H2,1-2H3. The number of halogens is 1. The Bertz CT molecular complexity index is 565. The highest BCUT2D eigenvalue weighted by Gasteiger charge is 2.20. The SMILES string of the molecule is COCCC(C)(O)CNCc1c(Cl)oc2ccccc12. The fourth-order valence-electron chi connectivity index (χ4n) is 2.10. The van der Waals surface area contributed by atoms with Crippen molar-refractivity contribution >= 4 is 22.6 Å². The molecule has 110 valence electrons. The summed E-state index contributed by atoms with van der Waals surface area (Å²) in [7, 11) is 1.63. The van der Waals surface area contributed by atoms with Crippen LogP contribution in [0.15, 0.2) is 28.7 Å². The van der Waals surface area contributed by atoms with Crippen LogP contribution in [0, 0.1) is 0 Å². The smallest absolute Gasteiger partial charge is 0.199 e. The lowest BCUT2D eigenvalue weighted by Crippen LogP contribution is -2.38. The second-order valence-corrected chi connectivity index (χ2v) is 5.54. The van der Waals surface area contributed by atoms with Crippen molar-refractivity contribution in [2.24, 2.45) is 0 Å². The van der Waals surface area contributed by atoms with E-state index in [0.717, 1.165) is 16.5 Å². The molecule has 0 fully saturated rings. The fourth-order valence-corrected chi connectivity index (χ4v) is 2.35. The molecular weight excluding hydrogens is 278 g/mol. The van der Waals surface area contributed by atoms with Gasteiger partial charge in [-0.2, -0.15) is 0 Å². The summed E-state index contributed by atoms with van der Waals surface area (Å²) in [6, 6.07) is 7.73. The van der Waals surface area contributed by atoms with E-state index in [2.05, 4.69) is 5.32 Å². The zero-order chi connectivity index (χ0) is 14.6. The highest BCUT2D eigenvalue weighted by Crippen LogP contribution is 2.29. The van der Waals surface area contributed by atoms with Gasteiger partial charge in [0.1, 0.15) is 5.58 Å². The molecule has 4 nitrogen and oxygen atoms in total. The topological polar surface area (TPSA) is 54.6 Å². The van der Waals surface area contributed by atoms with Gasteiger partial charge in [-0.25, -0.2) is 0 Å². The molecule has 0 bridgehead atoms. The normalized spacial score (nSPS) is 14.6. The minimum Gasteiger partial charge on any atom is -0.444 e. The van der Waals surface area contributed by atoms with E-state index < -0.39 is 5.60 Å². The van der Waals surface area contributed by atoms with Gasteiger partial charge in [0.25, 0.3) is 0 Å². The fraction of sp³-hybridized carbons (Fsp3) is 0.467. The molecule has 0 amide bonds. The zero-order valence-electron chi connectivity index (χ0n) is 11.8. The summed E-state index contributed by atoms with van der Waals surface area (Å²) in [6.45, 7) is 3.34. The minimum absolute atomic E-state index is 0.398. The van der Waals surface area contributed by atoms with Crippen LogP contribution < -0.4 is 5.32 Å². The van der Waals surface area contributed by atoms with Gasteiger partial charge in [0.05, 0.1) is 5.60 Å². The summed E-state index contributed by atoms with van der Waals surface area (Å²) in [5, 5.41) is 14.8. The molecule has 5 heteroatoms. The van der Waals surface area contributed by atoms with Crippen molar-refractivity contribution < 1.29 is 14.3 Å². The molecule has 0 aliphatic rings. The van der Waals surface area contributed by atoms with Crippen LogP contribution in [0.5, 0.6) is 0 Å². The maximum Gasteiger partial charge on any atom is 0.199 e. The Morgan fingerprint density at radius 1 is 1.40 bits per heavy atom. The number of para-hydroxylation sites is 1. The van der Waals surface area contributed by atoms with Crippen LogP contribution in [-0.2, 0) is 11.3 Å². The van der Waals surface area contributed by atoms with Gasteiger partial charge in [0.2, 0.25) is 0 Å². The number of nitrogens with one attached hydrogen (secondary N) is 1. The predicted octanol–water partition coefficient (Wildman–Crippen LogP) is 2.96. The van der Waals surface area contributed by atoms with Gasteiger partial charge in [-0.05, 0) is 24.6 Å². The number of hydrogen-bond acceptors (Lipinski definition) is 4. The third-order valence-corrected chi connectivity index (χ3v) is 3.61. The maximum absolute atomic E-state index is 10.2. The molecule has 2 N–H and O–H groups in total. The summed E-state index contributed by atoms with van der Waals surface area (Å²) in [5.74, 6) is 0. The van der Waals surface area contributed by atoms with Crippen LogP contribution in [0.2, 0.25) is 5.22 Å². The molecule has 0 aliphatic carbocycles. The number of ether oxygens (including phenoxy) is 1. The lowest BCUT2D eigenvalue weighted by atomic mass is 10.0. The Balaban J connectivity index is 1.98. The lowest BCUT2D eigenvalue weighted by Gasteiger charge is -2.23. The van der Waals surface area contributed by atoms with Gasteiger partial charge in [0, 0.05) is 44.2 Å². The van der Waals surface area contributed by atoms with E-state index in [4.69, 9.17) is 20.8 Å². The average Bonchev–Trinajstić information content (AvgIpc) is 2.73. The Hall–Kier alpha value is -1.07. The molecule has 2 rings (SSSR count). The summed E-state index contributed by atoms with van der Waals surface area (Å²) in [4.78, 5) is 0. The molecule has 0 spiro atoms. The Morgan fingerprint density at radius 3 is 2.90 bits per heavy atom. The molecule has 2 aromatic rings. The lowest BCUT2D eigenvalue weighted by molar-refractivity contribution is 0.0247. The van der Waals surface area contributed by atoms with Crippen molar-refractivity contribution in [3.8, 4) is 0 Å². The number of aliphatic hydroxyl groups is 1. The van der Waals surface area contributed by atoms with E-state index in [0.29, 0.717) is 31.3 Å². The predicted molar refractivity (Wildman–Crippen MR) is 80.0 cm³/mol. The molecule has 1 atom stereocenters. The van der Waals surface area contributed by atoms with Gasteiger partial charge < -0.3 is 19.6 Å². The Morgan fingerprint density at radius 2 is 2.15 bits per heavy atom. The minimum atomic E-state index is -0.804. The molecule has 0 saturated carbocycles. The number of methoxy groups -OCH3 is 1. The maximum atomic E-state index is 10.2. The summed E-state index contributed by atoms with van der Waals surface area (Å²) in [5.41, 5.74) is 0.896. The number of rotatable bonds is 7. The first kappa shape index (κ1) is 15.3. The molecule has 0 saturated heterocycles. The molecule has 0 radical (unpaired) electrons. The first-order valence-electron chi connectivity index (χ1n) is 6.61. The van der Waals surface area contributed by atoms with Gasteiger partial charge in [-0.15, -0.1) is 0 Å². The summed E-state index contributed by atoms with van der Waals surface area (Å²) >= 11 is 6.11. The van der Waals surface area contributed by atoms with E-state index in [-0.39, 0.29) is 0 Å². The third-order valence-electron chi connectivity index (χ3n) is 3.30. The van der Waals surface area contributed by atoms with E-state index in [1.807, 2.05) is 24.3 Å². The van der Waals surface area contributed by atoms with Gasteiger partial charge in [-0.1, -0.05) is 18.2 Å². The van der Waals surface area contributed by atoms with Crippen molar-refractivity contribution in [1.29, 1.82) is 0 Å². The Kier molecular flexibility index (Phi) is 5.05. The van der Waals surface area contributed by atoms with Crippen molar-refractivity contribution in [3.63, 3.8) is 0 Å². The first-order chi connectivity index (χ1) is 9.53. The van der Waals surface area contributed by atoms with Crippen LogP contribution in [0.4, 0.5) is 0 Å². The highest BCUT2D eigenvalue weighted by molar-refractivity contribution is 6.30. The second kappa shape index (κ2) is 6.59. The number of benzene rings is 1. The number of fused-ring (bicyclic) bond motifs is 1. The van der Waals surface area contributed by atoms with Crippen LogP contribution >= 0.6 is 11.6 Å². The molecule has 20 heavy (non-hydrogen) atoms. The highest BCUT2D eigenvalue weighted by atomic mass is 35.5. The molecule has 1 aromatic heterocycles. The molecule has 1 aromatic carbocycles. The number of furan rings is 1. The molecular formula is C15H20ClNO3. The quantitative estimate of drug-likeness (QED) is 0.825. The van der Waals surface area contributed by atoms with Crippen molar-refractivity contribution in [2.45, 2.75) is 25.5 Å². The average molecular weight is 298 g/mol. The molecule has 0 aliphatic heterocycles. The van der Waals surface area contributed by atoms with E-state index in [1.165, 1.54) is 0 Å². The molecule has 1 heterocycles. The number of hydrogen-bond donors (Lipinski definition) is 2. The van der Waals surface area contributed by atoms with Crippen molar-refractivity contribution in [2.75, 3.05) is 20.3 Å². The molecule has 1 unspecified atom stereocenters. The summed E-state index contributed by atoms with van der Waals surface area (Å²) < 4.78 is 10.5. The monoisotopic (exact) mass is 297 g/mol. The third kappa shape index (κ3) is 3.73.